The molecule has 10 nitrogen and oxygen atoms in total. The number of carbonyl (C=O) groups is 4. The number of rotatable bonds is 8. The molecule has 1 aromatic heterocycles. The van der Waals surface area contributed by atoms with Gasteiger partial charge in [-0.25, -0.2) is 14.6 Å². The smallest absolute Gasteiger partial charge is 0.425 e. The number of ether oxygens (including phenoxy) is 2. The number of carboxylic acids is 1. The molecule has 3 aromatic rings. The number of fused-ring (bicyclic) bond motifs is 1. The van der Waals surface area contributed by atoms with Gasteiger partial charge in [-0.3, -0.25) is 4.79 Å². The first-order valence-electron chi connectivity index (χ1n) is 12.8. The van der Waals surface area contributed by atoms with E-state index in [9.17, 15) is 19.2 Å². The van der Waals surface area contributed by atoms with Gasteiger partial charge in [-0.1, -0.05) is 24.3 Å². The van der Waals surface area contributed by atoms with Crippen LogP contribution in [0.5, 0.6) is 0 Å². The molecule has 10 heteroatoms. The average Bonchev–Trinajstić information content (AvgIpc) is 2.84. The van der Waals surface area contributed by atoms with Crippen molar-refractivity contribution in [1.29, 1.82) is 0 Å². The van der Waals surface area contributed by atoms with E-state index in [1.807, 2.05) is 0 Å². The van der Waals surface area contributed by atoms with Crippen LogP contribution in [0.3, 0.4) is 0 Å². The number of hydrogen-bond acceptors (Lipinski definition) is 8. The minimum Gasteiger partial charge on any atom is -0.481 e. The van der Waals surface area contributed by atoms with Crippen molar-refractivity contribution < 1.29 is 33.8 Å². The van der Waals surface area contributed by atoms with E-state index >= 15 is 0 Å². The second-order valence-corrected chi connectivity index (χ2v) is 11.3. The first-order chi connectivity index (χ1) is 18.7. The summed E-state index contributed by atoms with van der Waals surface area (Å²) in [6.07, 6.45) is 0.840. The van der Waals surface area contributed by atoms with Crippen LogP contribution in [-0.2, 0) is 25.5 Å². The number of imide groups is 1. The maximum Gasteiger partial charge on any atom is 0.425 e. The molecule has 212 valence electrons. The first kappa shape index (κ1) is 30.1. The number of carbonyl (C=O) groups excluding carboxylic acids is 3. The lowest BCUT2D eigenvalue weighted by Gasteiger charge is -2.28. The highest BCUT2D eigenvalue weighted by Gasteiger charge is 2.34. The Morgan fingerprint density at radius 1 is 0.950 bits per heavy atom. The summed E-state index contributed by atoms with van der Waals surface area (Å²) in [5.41, 5.74) is 0.471. The van der Waals surface area contributed by atoms with Crippen molar-refractivity contribution in [2.24, 2.45) is 0 Å². The molecule has 40 heavy (non-hydrogen) atoms. The Balaban J connectivity index is 1.92. The lowest BCUT2D eigenvalue weighted by atomic mass is 10.0. The molecule has 3 rings (SSSR count). The molecule has 1 atom stereocenters. The number of benzene rings is 2. The number of hydrogen-bond donors (Lipinski definition) is 2. The van der Waals surface area contributed by atoms with E-state index in [0.29, 0.717) is 28.4 Å². The highest BCUT2D eigenvalue weighted by molar-refractivity contribution is 6.14. The summed E-state index contributed by atoms with van der Waals surface area (Å²) in [5, 5.41) is 13.2. The molecular weight excluding hydrogens is 514 g/mol. The van der Waals surface area contributed by atoms with Gasteiger partial charge in [-0.2, -0.15) is 4.90 Å². The van der Waals surface area contributed by atoms with E-state index in [4.69, 9.17) is 14.6 Å². The zero-order valence-corrected chi connectivity index (χ0v) is 23.6. The topological polar surface area (TPSA) is 135 Å². The van der Waals surface area contributed by atoms with Crippen LogP contribution in [0, 0.1) is 0 Å². The molecule has 2 N–H and O–H groups in total. The minimum atomic E-state index is -0.920. The van der Waals surface area contributed by atoms with E-state index in [1.165, 1.54) is 6.20 Å². The first-order valence-corrected chi connectivity index (χ1v) is 12.8. The predicted octanol–water partition coefficient (Wildman–Crippen LogP) is 6.28. The number of pyridine rings is 1. The molecule has 0 saturated carbocycles. The fourth-order valence-corrected chi connectivity index (χ4v) is 3.81. The zero-order valence-electron chi connectivity index (χ0n) is 23.6. The Bertz CT molecular complexity index is 1360. The van der Waals surface area contributed by atoms with E-state index in [0.717, 1.165) is 16.7 Å². The molecule has 0 aliphatic heterocycles. The monoisotopic (exact) mass is 549 g/mol. The van der Waals surface area contributed by atoms with Gasteiger partial charge in [0.05, 0.1) is 0 Å². The van der Waals surface area contributed by atoms with Crippen molar-refractivity contribution >= 4 is 46.7 Å². The molecular formula is C30H35N3O7. The summed E-state index contributed by atoms with van der Waals surface area (Å²) in [4.78, 5) is 54.1. The number of aliphatic carboxylic acids is 1. The minimum absolute atomic E-state index is 0.0297. The summed E-state index contributed by atoms with van der Waals surface area (Å²) in [6, 6.07) is 13.4. The number of amides is 2. The lowest BCUT2D eigenvalue weighted by molar-refractivity contribution is -0.137. The molecule has 1 heterocycles. The summed E-state index contributed by atoms with van der Waals surface area (Å²) in [6.45, 7) is 10.2. The largest absolute Gasteiger partial charge is 0.481 e. The molecule has 0 saturated heterocycles. The summed E-state index contributed by atoms with van der Waals surface area (Å²) < 4.78 is 11.0. The summed E-state index contributed by atoms with van der Waals surface area (Å²) in [7, 11) is 0. The van der Waals surface area contributed by atoms with Crippen LogP contribution in [0.4, 0.5) is 21.1 Å². The standard InChI is InChI=1S/C30H35N3O7/c1-29(2,3)39-27(37)33(28(38)40-30(4,5)6)26-23-13-12-22(17-21(23)15-16-31-26)32-24(18-34)20-10-7-19(8-11-20)9-14-25(35)36/h7-8,10-13,15-18,24,32H,9,14H2,1-6H3,(H,35,36). The Hall–Kier alpha value is -4.47. The highest BCUT2D eigenvalue weighted by Crippen LogP contribution is 2.30. The van der Waals surface area contributed by atoms with Gasteiger partial charge in [-0.15, -0.1) is 0 Å². The van der Waals surface area contributed by atoms with Crippen molar-refractivity contribution in [2.75, 3.05) is 10.2 Å². The lowest BCUT2D eigenvalue weighted by Crippen LogP contribution is -2.44. The number of carboxylic acid groups (broad SMARTS) is 1. The molecule has 0 aliphatic rings. The number of nitrogens with one attached hydrogen (secondary N) is 1. The SMILES string of the molecule is CC(C)(C)OC(=O)N(C(=O)OC(C)(C)C)c1nccc2cc(NC(C=O)c3ccc(CCC(=O)O)cc3)ccc12. The zero-order chi connectivity index (χ0) is 29.7. The van der Waals surface area contributed by atoms with Crippen molar-refractivity contribution in [3.05, 3.63) is 65.9 Å². The molecule has 2 amide bonds. The Kier molecular flexibility index (Phi) is 9.13. The molecule has 0 fully saturated rings. The normalized spacial score (nSPS) is 12.3. The van der Waals surface area contributed by atoms with E-state index in [-0.39, 0.29) is 12.2 Å². The molecule has 1 unspecified atom stereocenters. The average molecular weight is 550 g/mol. The van der Waals surface area contributed by atoms with Crippen LogP contribution < -0.4 is 10.2 Å². The maximum atomic E-state index is 13.1. The van der Waals surface area contributed by atoms with Crippen LogP contribution in [-0.4, -0.2) is 45.7 Å². The van der Waals surface area contributed by atoms with Crippen molar-refractivity contribution in [1.82, 2.24) is 4.98 Å². The number of aldehydes is 1. The van der Waals surface area contributed by atoms with Crippen LogP contribution in [0.1, 0.15) is 65.1 Å². The third-order valence-corrected chi connectivity index (χ3v) is 5.53. The summed E-state index contributed by atoms with van der Waals surface area (Å²) >= 11 is 0. The van der Waals surface area contributed by atoms with Crippen molar-refractivity contribution in [3.8, 4) is 0 Å². The fraction of sp³-hybridized carbons (Fsp3) is 0.367. The van der Waals surface area contributed by atoms with Gasteiger partial charge in [0.1, 0.15) is 23.5 Å². The molecule has 0 spiro atoms. The third-order valence-electron chi connectivity index (χ3n) is 5.53. The van der Waals surface area contributed by atoms with Crippen LogP contribution in [0.25, 0.3) is 10.8 Å². The van der Waals surface area contributed by atoms with Gasteiger partial charge in [0.25, 0.3) is 0 Å². The Labute approximate surface area is 233 Å². The van der Waals surface area contributed by atoms with E-state index in [2.05, 4.69) is 10.3 Å². The fourth-order valence-electron chi connectivity index (χ4n) is 3.81. The molecule has 0 radical (unpaired) electrons. The van der Waals surface area contributed by atoms with Crippen LogP contribution in [0.2, 0.25) is 0 Å². The van der Waals surface area contributed by atoms with Gasteiger partial charge >= 0.3 is 18.2 Å². The molecule has 2 aromatic carbocycles. The number of aryl methyl sites for hydroxylation is 1. The van der Waals surface area contributed by atoms with Gasteiger partial charge in [-0.05, 0) is 88.7 Å². The van der Waals surface area contributed by atoms with Crippen molar-refractivity contribution in [2.45, 2.75) is 71.6 Å². The Morgan fingerprint density at radius 3 is 2.08 bits per heavy atom. The molecule has 0 bridgehead atoms. The highest BCUT2D eigenvalue weighted by atomic mass is 16.6. The van der Waals surface area contributed by atoms with Crippen LogP contribution in [0.15, 0.2) is 54.7 Å². The third kappa shape index (κ3) is 8.26. The van der Waals surface area contributed by atoms with Crippen LogP contribution >= 0.6 is 0 Å². The number of aromatic nitrogens is 1. The quantitative estimate of drug-likeness (QED) is 0.311. The van der Waals surface area contributed by atoms with Gasteiger partial charge in [0.15, 0.2) is 5.82 Å². The van der Waals surface area contributed by atoms with Gasteiger partial charge in [0, 0.05) is 23.7 Å². The second kappa shape index (κ2) is 12.1. The van der Waals surface area contributed by atoms with E-state index < -0.39 is 35.4 Å². The Morgan fingerprint density at radius 2 is 1.55 bits per heavy atom. The van der Waals surface area contributed by atoms with Gasteiger partial charge in [0.2, 0.25) is 0 Å². The van der Waals surface area contributed by atoms with Crippen molar-refractivity contribution in [3.63, 3.8) is 0 Å². The number of nitrogens with zero attached hydrogens (tertiary/aromatic N) is 2. The summed E-state index contributed by atoms with van der Waals surface area (Å²) in [5.74, 6) is -0.817. The number of anilines is 2. The van der Waals surface area contributed by atoms with E-state index in [1.54, 1.807) is 90.1 Å². The van der Waals surface area contributed by atoms with Gasteiger partial charge < -0.3 is 24.7 Å². The predicted molar refractivity (Wildman–Crippen MR) is 152 cm³/mol. The maximum absolute atomic E-state index is 13.1. The molecule has 0 aliphatic carbocycles. The second-order valence-electron chi connectivity index (χ2n) is 11.3.